The number of hydrogen-bond donors (Lipinski definition) is 4. The van der Waals surface area contributed by atoms with Gasteiger partial charge in [-0.3, -0.25) is 15.0 Å². The summed E-state index contributed by atoms with van der Waals surface area (Å²) in [5.74, 6) is 0.662. The van der Waals surface area contributed by atoms with Crippen LogP contribution >= 0.6 is 34.0 Å². The van der Waals surface area contributed by atoms with E-state index >= 15 is 0 Å². The Morgan fingerprint density at radius 1 is 0.975 bits per heavy atom. The molecule has 3 aromatic carbocycles. The van der Waals surface area contributed by atoms with Gasteiger partial charge in [0.1, 0.15) is 11.7 Å². The van der Waals surface area contributed by atoms with Crippen molar-refractivity contribution in [1.82, 2.24) is 14.9 Å². The van der Waals surface area contributed by atoms with Crippen molar-refractivity contribution < 1.29 is 24.2 Å². The van der Waals surface area contributed by atoms with E-state index in [1.165, 1.54) is 0 Å². The molecule has 10 nitrogen and oxygen atoms in total. The lowest BCUT2D eigenvalue weighted by Crippen LogP contribution is -2.25. The molecule has 0 spiro atoms. The zero-order chi connectivity index (χ0) is 27.2. The number of ether oxygens (including phenoxy) is 2. The van der Waals surface area contributed by atoms with E-state index in [-0.39, 0.29) is 58.7 Å². The third-order valence-corrected chi connectivity index (χ3v) is 6.16. The van der Waals surface area contributed by atoms with Gasteiger partial charge in [-0.05, 0) is 42.3 Å². The van der Waals surface area contributed by atoms with E-state index in [2.05, 4.69) is 9.88 Å². The number of aryl methyl sites for hydroxylation is 2. The number of carbonyl (C=O) groups excluding carboxylic acids is 1. The average molecular weight is 677 g/mol. The quantitative estimate of drug-likeness (QED) is 0.134. The maximum atomic E-state index is 12.6. The highest BCUT2D eigenvalue weighted by molar-refractivity contribution is 8.93. The Labute approximate surface area is 252 Å². The van der Waals surface area contributed by atoms with Crippen LogP contribution in [0.3, 0.4) is 0 Å². The molecule has 12 heteroatoms. The maximum Gasteiger partial charge on any atom is 0.305 e. The van der Waals surface area contributed by atoms with Crippen LogP contribution in [0.25, 0.3) is 22.4 Å². The number of imidazole rings is 1. The van der Waals surface area contributed by atoms with Crippen LogP contribution in [-0.4, -0.2) is 53.1 Å². The third-order valence-electron chi connectivity index (χ3n) is 6.16. The van der Waals surface area contributed by atoms with Crippen LogP contribution in [0.1, 0.15) is 27.9 Å². The van der Waals surface area contributed by atoms with Crippen molar-refractivity contribution in [3.05, 3.63) is 77.4 Å². The van der Waals surface area contributed by atoms with Gasteiger partial charge in [0.25, 0.3) is 5.91 Å². The summed E-state index contributed by atoms with van der Waals surface area (Å²) in [6, 6.07) is 18.3. The normalized spacial score (nSPS) is 10.2. The molecule has 0 aliphatic carbocycles. The third kappa shape index (κ3) is 7.39. The van der Waals surface area contributed by atoms with Crippen molar-refractivity contribution in [1.29, 1.82) is 5.41 Å². The molecule has 40 heavy (non-hydrogen) atoms. The zero-order valence-corrected chi connectivity index (χ0v) is 25.4. The molecular weight excluding hydrogens is 646 g/mol. The number of amidine groups is 1. The Morgan fingerprint density at radius 3 is 2.27 bits per heavy atom. The lowest BCUT2D eigenvalue weighted by molar-refractivity contribution is -0.136. The molecule has 1 aromatic heterocycles. The van der Waals surface area contributed by atoms with E-state index in [0.717, 1.165) is 16.6 Å². The minimum absolute atomic E-state index is 0. The number of carboxylic acid groups (broad SMARTS) is 1. The van der Waals surface area contributed by atoms with Crippen molar-refractivity contribution in [2.45, 2.75) is 19.4 Å². The summed E-state index contributed by atoms with van der Waals surface area (Å²) in [6.07, 6.45) is 0.529. The summed E-state index contributed by atoms with van der Waals surface area (Å²) in [4.78, 5) is 28.2. The van der Waals surface area contributed by atoms with Gasteiger partial charge in [0.05, 0.1) is 31.7 Å². The number of amides is 1. The molecule has 0 aliphatic rings. The second-order valence-electron chi connectivity index (χ2n) is 8.62. The molecule has 1 heterocycles. The Hall–Kier alpha value is -3.90. The number of carboxylic acids is 1. The van der Waals surface area contributed by atoms with Crippen LogP contribution in [0, 0.1) is 5.41 Å². The van der Waals surface area contributed by atoms with E-state index in [1.807, 2.05) is 36.4 Å². The number of halogens is 2. The van der Waals surface area contributed by atoms with E-state index in [0.29, 0.717) is 46.9 Å². The predicted octanol–water partition coefficient (Wildman–Crippen LogP) is 4.61. The number of hydrogen-bond acceptors (Lipinski definition) is 6. The first-order valence-electron chi connectivity index (χ1n) is 12.0. The molecule has 0 aliphatic heterocycles. The maximum absolute atomic E-state index is 12.6. The Balaban J connectivity index is 0.00000280. The molecule has 5 N–H and O–H groups in total. The fourth-order valence-corrected chi connectivity index (χ4v) is 4.18. The van der Waals surface area contributed by atoms with Gasteiger partial charge in [-0.15, -0.1) is 34.0 Å². The van der Waals surface area contributed by atoms with Gasteiger partial charge < -0.3 is 30.2 Å². The molecule has 0 radical (unpaired) electrons. The summed E-state index contributed by atoms with van der Waals surface area (Å²) in [7, 11) is 3.20. The number of nitrogen functional groups attached to an aromatic ring is 1. The molecule has 0 saturated heterocycles. The fraction of sp³-hybridized carbons (Fsp3) is 0.214. The molecule has 212 valence electrons. The van der Waals surface area contributed by atoms with Gasteiger partial charge in [0.15, 0.2) is 11.5 Å². The number of carbonyl (C=O) groups is 2. The van der Waals surface area contributed by atoms with E-state index in [4.69, 9.17) is 30.7 Å². The zero-order valence-electron chi connectivity index (χ0n) is 22.0. The van der Waals surface area contributed by atoms with Gasteiger partial charge >= 0.3 is 5.97 Å². The van der Waals surface area contributed by atoms with E-state index < -0.39 is 5.97 Å². The lowest BCUT2D eigenvalue weighted by Gasteiger charge is -2.12. The molecular formula is C28H31Br2N5O5. The highest BCUT2D eigenvalue weighted by atomic mass is 79.9. The predicted molar refractivity (Wildman–Crippen MR) is 165 cm³/mol. The van der Waals surface area contributed by atoms with Crippen LogP contribution < -0.4 is 20.5 Å². The van der Waals surface area contributed by atoms with Crippen LogP contribution in [0.5, 0.6) is 11.5 Å². The van der Waals surface area contributed by atoms with Crippen LogP contribution in [-0.2, 0) is 17.8 Å². The number of methoxy groups -OCH3 is 2. The van der Waals surface area contributed by atoms with Gasteiger partial charge in [0.2, 0.25) is 0 Å². The lowest BCUT2D eigenvalue weighted by atomic mass is 10.1. The molecule has 0 bridgehead atoms. The monoisotopic (exact) mass is 675 g/mol. The minimum atomic E-state index is -0.977. The molecule has 1 amide bonds. The van der Waals surface area contributed by atoms with Gasteiger partial charge in [0, 0.05) is 29.8 Å². The number of aromatic nitrogens is 2. The van der Waals surface area contributed by atoms with Crippen molar-refractivity contribution in [2.75, 3.05) is 20.8 Å². The summed E-state index contributed by atoms with van der Waals surface area (Å²) in [5.41, 5.74) is 10.00. The molecule has 0 unspecified atom stereocenters. The number of fused-ring (bicyclic) bond motifs is 1. The first-order valence-corrected chi connectivity index (χ1v) is 12.0. The van der Waals surface area contributed by atoms with Crippen molar-refractivity contribution in [3.8, 4) is 22.9 Å². The topological polar surface area (TPSA) is 153 Å². The van der Waals surface area contributed by atoms with Crippen LogP contribution in [0.15, 0.2) is 60.7 Å². The average Bonchev–Trinajstić information content (AvgIpc) is 3.29. The van der Waals surface area contributed by atoms with Gasteiger partial charge in [-0.25, -0.2) is 4.98 Å². The number of nitrogens with zero attached hydrogens (tertiary/aromatic N) is 2. The Bertz CT molecular complexity index is 1510. The van der Waals surface area contributed by atoms with Crippen molar-refractivity contribution >= 4 is 62.7 Å². The first kappa shape index (κ1) is 32.3. The number of aliphatic carboxylic acids is 1. The van der Waals surface area contributed by atoms with Crippen LogP contribution in [0.2, 0.25) is 0 Å². The number of nitrogens with one attached hydrogen (secondary N) is 2. The van der Waals surface area contributed by atoms with Crippen LogP contribution in [0.4, 0.5) is 0 Å². The highest BCUT2D eigenvalue weighted by Gasteiger charge is 2.16. The summed E-state index contributed by atoms with van der Waals surface area (Å²) < 4.78 is 12.9. The first-order chi connectivity index (χ1) is 18.3. The van der Waals surface area contributed by atoms with Gasteiger partial charge in [-0.1, -0.05) is 30.3 Å². The number of nitrogens with two attached hydrogens (primary N) is 1. The summed E-state index contributed by atoms with van der Waals surface area (Å²) >= 11 is 0. The van der Waals surface area contributed by atoms with E-state index in [9.17, 15) is 9.59 Å². The van der Waals surface area contributed by atoms with E-state index in [1.54, 1.807) is 38.5 Å². The Kier molecular flexibility index (Phi) is 11.7. The standard InChI is InChI=1S/C28H29N5O5.2BrH/c1-37-23-10-3-17(15-24(23)38-2)12-14-33-22-9-8-20(28(36)31-13-11-25(34)35)16-21(22)32-27(33)19-6-4-18(5-7-19)26(29)30;;/h3-10,15-16H,11-14H2,1-2H3,(H3,29,30)(H,31,36)(H,34,35);2*1H. The Morgan fingerprint density at radius 2 is 1.65 bits per heavy atom. The summed E-state index contributed by atoms with van der Waals surface area (Å²) in [5, 5.41) is 19.1. The summed E-state index contributed by atoms with van der Waals surface area (Å²) in [6.45, 7) is 0.639. The highest BCUT2D eigenvalue weighted by Crippen LogP contribution is 2.30. The minimum Gasteiger partial charge on any atom is -0.493 e. The van der Waals surface area contributed by atoms with Crippen molar-refractivity contribution in [2.24, 2.45) is 5.73 Å². The number of rotatable bonds is 11. The molecule has 0 atom stereocenters. The van der Waals surface area contributed by atoms with Gasteiger partial charge in [-0.2, -0.15) is 0 Å². The smallest absolute Gasteiger partial charge is 0.305 e. The second kappa shape index (κ2) is 14.5. The molecule has 4 rings (SSSR count). The molecule has 0 fully saturated rings. The van der Waals surface area contributed by atoms with Crippen molar-refractivity contribution in [3.63, 3.8) is 0 Å². The SMILES string of the molecule is Br.Br.COc1ccc(CCn2c(-c3ccc(C(=N)N)cc3)nc3cc(C(=O)NCCC(=O)O)ccc32)cc1OC. The largest absolute Gasteiger partial charge is 0.493 e. The number of benzene rings is 3. The second-order valence-corrected chi connectivity index (χ2v) is 8.62. The fourth-order valence-electron chi connectivity index (χ4n) is 4.18. The molecule has 0 saturated carbocycles. The molecule has 4 aromatic rings.